The van der Waals surface area contributed by atoms with Gasteiger partial charge in [-0.15, -0.1) is 0 Å². The molecule has 0 aliphatic rings. The Morgan fingerprint density at radius 1 is 1.00 bits per heavy atom. The summed E-state index contributed by atoms with van der Waals surface area (Å²) < 4.78 is 26.2. The summed E-state index contributed by atoms with van der Waals surface area (Å²) in [6.45, 7) is 10.00. The Hall–Kier alpha value is -2.87. The standard InChI is InChI=1S/C27H39N3O4S/c1-7-23-14-16-25(17-15-23)30(35(6,33)34)18-10-13-26(31)29(22(5)27(32)28-20(2)3)19-24-12-9-8-11-21(24)4/h8-9,11-12,14-17,20,22H,7,10,13,18-19H2,1-6H3,(H,28,32)/t22-/m1/s1. The Morgan fingerprint density at radius 2 is 1.63 bits per heavy atom. The molecule has 1 atom stereocenters. The predicted octanol–water partition coefficient (Wildman–Crippen LogP) is 4.05. The van der Waals surface area contributed by atoms with E-state index in [1.54, 1.807) is 24.0 Å². The first kappa shape index (κ1) is 28.4. The van der Waals surface area contributed by atoms with Crippen molar-refractivity contribution in [3.05, 3.63) is 65.2 Å². The number of sulfonamides is 1. The molecule has 0 unspecified atom stereocenters. The molecule has 1 N–H and O–H groups in total. The quantitative estimate of drug-likeness (QED) is 0.475. The molecule has 0 aromatic heterocycles. The summed E-state index contributed by atoms with van der Waals surface area (Å²) in [6.07, 6.45) is 2.51. The highest BCUT2D eigenvalue weighted by Crippen LogP contribution is 2.20. The summed E-state index contributed by atoms with van der Waals surface area (Å²) in [4.78, 5) is 27.6. The van der Waals surface area contributed by atoms with Crippen LogP contribution >= 0.6 is 0 Å². The zero-order chi connectivity index (χ0) is 26.2. The number of benzene rings is 2. The van der Waals surface area contributed by atoms with E-state index in [-0.39, 0.29) is 30.8 Å². The van der Waals surface area contributed by atoms with Crippen LogP contribution in [0.1, 0.15) is 57.2 Å². The van der Waals surface area contributed by atoms with E-state index in [0.717, 1.165) is 23.1 Å². The van der Waals surface area contributed by atoms with Crippen LogP contribution in [0.25, 0.3) is 0 Å². The first-order valence-corrected chi connectivity index (χ1v) is 14.0. The third kappa shape index (κ3) is 8.38. The molecule has 2 aromatic carbocycles. The topological polar surface area (TPSA) is 86.8 Å². The van der Waals surface area contributed by atoms with E-state index in [1.165, 1.54) is 10.6 Å². The molecule has 0 aliphatic heterocycles. The van der Waals surface area contributed by atoms with E-state index < -0.39 is 16.1 Å². The largest absolute Gasteiger partial charge is 0.352 e. The molecule has 0 saturated carbocycles. The van der Waals surface area contributed by atoms with Gasteiger partial charge < -0.3 is 10.2 Å². The molecule has 0 aliphatic carbocycles. The van der Waals surface area contributed by atoms with Gasteiger partial charge in [-0.25, -0.2) is 8.42 Å². The maximum absolute atomic E-state index is 13.3. The monoisotopic (exact) mass is 501 g/mol. The van der Waals surface area contributed by atoms with Gasteiger partial charge in [-0.2, -0.15) is 0 Å². The molecule has 0 fully saturated rings. The van der Waals surface area contributed by atoms with E-state index in [0.29, 0.717) is 18.7 Å². The first-order chi connectivity index (χ1) is 16.4. The molecule has 35 heavy (non-hydrogen) atoms. The van der Waals surface area contributed by atoms with Gasteiger partial charge in [-0.3, -0.25) is 13.9 Å². The van der Waals surface area contributed by atoms with Gasteiger partial charge in [0, 0.05) is 25.6 Å². The lowest BCUT2D eigenvalue weighted by molar-refractivity contribution is -0.140. The normalized spacial score (nSPS) is 12.3. The van der Waals surface area contributed by atoms with E-state index in [2.05, 4.69) is 5.32 Å². The van der Waals surface area contributed by atoms with Crippen LogP contribution in [-0.4, -0.2) is 50.0 Å². The van der Waals surface area contributed by atoms with Crippen LogP contribution in [0.2, 0.25) is 0 Å². The summed E-state index contributed by atoms with van der Waals surface area (Å²) in [7, 11) is -3.51. The molecule has 7 nitrogen and oxygen atoms in total. The lowest BCUT2D eigenvalue weighted by Crippen LogP contribution is -2.49. The van der Waals surface area contributed by atoms with Crippen molar-refractivity contribution in [3.8, 4) is 0 Å². The minimum atomic E-state index is -3.51. The molecule has 8 heteroatoms. The van der Waals surface area contributed by atoms with Gasteiger partial charge in [0.15, 0.2) is 0 Å². The van der Waals surface area contributed by atoms with Crippen LogP contribution in [0, 0.1) is 6.92 Å². The van der Waals surface area contributed by atoms with E-state index in [1.807, 2.05) is 64.1 Å². The lowest BCUT2D eigenvalue weighted by Gasteiger charge is -2.30. The van der Waals surface area contributed by atoms with E-state index in [9.17, 15) is 18.0 Å². The highest BCUT2D eigenvalue weighted by molar-refractivity contribution is 7.92. The zero-order valence-corrected chi connectivity index (χ0v) is 22.6. The van der Waals surface area contributed by atoms with E-state index in [4.69, 9.17) is 0 Å². The second-order valence-corrected chi connectivity index (χ2v) is 11.2. The maximum Gasteiger partial charge on any atom is 0.242 e. The number of hydrogen-bond donors (Lipinski definition) is 1. The summed E-state index contributed by atoms with van der Waals surface area (Å²) in [5, 5.41) is 2.88. The van der Waals surface area contributed by atoms with Crippen LogP contribution in [0.15, 0.2) is 48.5 Å². The van der Waals surface area contributed by atoms with Crippen molar-refractivity contribution in [3.63, 3.8) is 0 Å². The predicted molar refractivity (Wildman–Crippen MR) is 142 cm³/mol. The average Bonchev–Trinajstić information content (AvgIpc) is 2.79. The zero-order valence-electron chi connectivity index (χ0n) is 21.7. The Bertz CT molecular complexity index is 1100. The average molecular weight is 502 g/mol. The van der Waals surface area contributed by atoms with Crippen molar-refractivity contribution < 1.29 is 18.0 Å². The minimum absolute atomic E-state index is 0.0391. The minimum Gasteiger partial charge on any atom is -0.352 e. The molecule has 192 valence electrons. The third-order valence-electron chi connectivity index (χ3n) is 5.98. The van der Waals surface area contributed by atoms with Crippen LogP contribution in [0.4, 0.5) is 5.69 Å². The smallest absolute Gasteiger partial charge is 0.242 e. The highest BCUT2D eigenvalue weighted by Gasteiger charge is 2.27. The van der Waals surface area contributed by atoms with Crippen LogP contribution in [-0.2, 0) is 32.6 Å². The van der Waals surface area contributed by atoms with Gasteiger partial charge in [-0.05, 0) is 69.4 Å². The number of rotatable bonds is 12. The van der Waals surface area contributed by atoms with Gasteiger partial charge in [-0.1, -0.05) is 43.3 Å². The van der Waals surface area contributed by atoms with Crippen LogP contribution in [0.3, 0.4) is 0 Å². The number of amides is 2. The van der Waals surface area contributed by atoms with Crippen molar-refractivity contribution in [1.82, 2.24) is 10.2 Å². The molecule has 0 bridgehead atoms. The summed E-state index contributed by atoms with van der Waals surface area (Å²) in [5.74, 6) is -0.398. The van der Waals surface area contributed by atoms with Crippen molar-refractivity contribution >= 4 is 27.5 Å². The number of nitrogens with one attached hydrogen (secondary N) is 1. The molecular weight excluding hydrogens is 462 g/mol. The van der Waals surface area contributed by atoms with Crippen molar-refractivity contribution in [2.75, 3.05) is 17.1 Å². The Balaban J connectivity index is 2.17. The highest BCUT2D eigenvalue weighted by atomic mass is 32.2. The third-order valence-corrected chi connectivity index (χ3v) is 7.18. The Morgan fingerprint density at radius 3 is 2.17 bits per heavy atom. The molecule has 0 spiro atoms. The second kappa shape index (κ2) is 12.7. The molecule has 2 rings (SSSR count). The second-order valence-electron chi connectivity index (χ2n) is 9.25. The molecule has 0 radical (unpaired) electrons. The van der Waals surface area contributed by atoms with Crippen molar-refractivity contribution in [2.24, 2.45) is 0 Å². The summed E-state index contributed by atoms with van der Waals surface area (Å²) in [6, 6.07) is 14.5. The number of anilines is 1. The van der Waals surface area contributed by atoms with Crippen LogP contribution < -0.4 is 9.62 Å². The Labute approximate surface area is 210 Å². The molecular formula is C27H39N3O4S. The number of aryl methyl sites for hydroxylation is 2. The summed E-state index contributed by atoms with van der Waals surface area (Å²) in [5.41, 5.74) is 3.72. The van der Waals surface area contributed by atoms with Gasteiger partial charge in [0.1, 0.15) is 6.04 Å². The number of carbonyl (C=O) groups is 2. The lowest BCUT2D eigenvalue weighted by atomic mass is 10.1. The fourth-order valence-corrected chi connectivity index (χ4v) is 4.83. The fraction of sp³-hybridized carbons (Fsp3) is 0.481. The first-order valence-electron chi connectivity index (χ1n) is 12.1. The van der Waals surface area contributed by atoms with Crippen LogP contribution in [0.5, 0.6) is 0 Å². The fourth-order valence-electron chi connectivity index (χ4n) is 3.86. The molecule has 0 saturated heterocycles. The molecule has 2 aromatic rings. The number of hydrogen-bond acceptors (Lipinski definition) is 4. The van der Waals surface area contributed by atoms with Gasteiger partial charge in [0.05, 0.1) is 11.9 Å². The van der Waals surface area contributed by atoms with Gasteiger partial charge >= 0.3 is 0 Å². The Kier molecular flexibility index (Phi) is 10.3. The summed E-state index contributed by atoms with van der Waals surface area (Å²) >= 11 is 0. The van der Waals surface area contributed by atoms with Gasteiger partial charge in [0.2, 0.25) is 21.8 Å². The van der Waals surface area contributed by atoms with E-state index >= 15 is 0 Å². The van der Waals surface area contributed by atoms with Crippen molar-refractivity contribution in [2.45, 2.75) is 72.5 Å². The SMILES string of the molecule is CCc1ccc(N(CCCC(=O)N(Cc2ccccc2C)[C@H](C)C(=O)NC(C)C)S(C)(=O)=O)cc1. The molecule has 2 amide bonds. The maximum atomic E-state index is 13.3. The number of carbonyl (C=O) groups excluding carboxylic acids is 2. The van der Waals surface area contributed by atoms with Crippen molar-refractivity contribution in [1.29, 1.82) is 0 Å². The van der Waals surface area contributed by atoms with Gasteiger partial charge in [0.25, 0.3) is 0 Å². The molecule has 0 heterocycles. The number of nitrogens with zero attached hydrogens (tertiary/aromatic N) is 2.